The Labute approximate surface area is 200 Å². The second kappa shape index (κ2) is 9.52. The molecule has 5 aromatic rings. The van der Waals surface area contributed by atoms with E-state index >= 15 is 0 Å². The molecular weight excluding hydrogens is 446 g/mol. The van der Waals surface area contributed by atoms with Gasteiger partial charge in [0.25, 0.3) is 5.56 Å². The van der Waals surface area contributed by atoms with Crippen molar-refractivity contribution in [3.05, 3.63) is 100 Å². The molecular formula is C26H23N5O2S. The molecule has 0 atom stereocenters. The monoisotopic (exact) mass is 469 g/mol. The predicted molar refractivity (Wildman–Crippen MR) is 134 cm³/mol. The molecule has 170 valence electrons. The Kier molecular flexibility index (Phi) is 6.14. The van der Waals surface area contributed by atoms with Gasteiger partial charge >= 0.3 is 0 Å². The van der Waals surface area contributed by atoms with E-state index in [1.54, 1.807) is 10.6 Å². The molecule has 1 N–H and O–H groups in total. The number of amides is 1. The molecule has 34 heavy (non-hydrogen) atoms. The van der Waals surface area contributed by atoms with Crippen molar-refractivity contribution in [2.24, 2.45) is 0 Å². The van der Waals surface area contributed by atoms with Crippen molar-refractivity contribution in [2.45, 2.75) is 25.0 Å². The molecule has 0 fully saturated rings. The highest BCUT2D eigenvalue weighted by Gasteiger charge is 2.18. The van der Waals surface area contributed by atoms with Crippen LogP contribution in [0.5, 0.6) is 0 Å². The topological polar surface area (TPSA) is 81.3 Å². The molecule has 0 saturated carbocycles. The van der Waals surface area contributed by atoms with Crippen LogP contribution in [-0.2, 0) is 17.8 Å². The lowest BCUT2D eigenvalue weighted by molar-refractivity contribution is -0.118. The molecule has 0 aliphatic rings. The molecule has 1 amide bonds. The third-order valence-corrected chi connectivity index (χ3v) is 6.59. The summed E-state index contributed by atoms with van der Waals surface area (Å²) < 4.78 is 3.42. The SMILES string of the molecule is CCc1ccc(-n2c(=O)c3ccccc3n3c(SCC(=O)NCc4ccccc4)nnc23)cc1. The number of rotatable bonds is 7. The van der Waals surface area contributed by atoms with Crippen molar-refractivity contribution in [3.8, 4) is 5.69 Å². The zero-order valence-corrected chi connectivity index (χ0v) is 19.5. The molecule has 0 unspecified atom stereocenters. The summed E-state index contributed by atoms with van der Waals surface area (Å²) in [5.41, 5.74) is 3.51. The van der Waals surface area contributed by atoms with E-state index in [2.05, 4.69) is 22.4 Å². The summed E-state index contributed by atoms with van der Waals surface area (Å²) in [6.45, 7) is 2.56. The number of para-hydroxylation sites is 1. The molecule has 0 spiro atoms. The lowest BCUT2D eigenvalue weighted by Gasteiger charge is -2.12. The highest BCUT2D eigenvalue weighted by atomic mass is 32.2. The van der Waals surface area contributed by atoms with Gasteiger partial charge in [0.05, 0.1) is 22.3 Å². The molecule has 2 aromatic heterocycles. The number of thioether (sulfide) groups is 1. The number of hydrogen-bond donors (Lipinski definition) is 1. The van der Waals surface area contributed by atoms with E-state index in [1.165, 1.54) is 17.3 Å². The molecule has 5 rings (SSSR count). The Balaban J connectivity index is 1.49. The van der Waals surface area contributed by atoms with Gasteiger partial charge in [-0.3, -0.25) is 14.0 Å². The van der Waals surface area contributed by atoms with E-state index in [0.29, 0.717) is 28.4 Å². The van der Waals surface area contributed by atoms with Crippen LogP contribution in [0, 0.1) is 0 Å². The summed E-state index contributed by atoms with van der Waals surface area (Å²) in [5, 5.41) is 12.7. The van der Waals surface area contributed by atoms with Gasteiger partial charge in [-0.15, -0.1) is 10.2 Å². The maximum Gasteiger partial charge on any atom is 0.267 e. The standard InChI is InChI=1S/C26H23N5O2S/c1-2-18-12-14-20(15-13-18)30-24(33)21-10-6-7-11-22(21)31-25(30)28-29-26(31)34-17-23(32)27-16-19-8-4-3-5-9-19/h3-15H,2,16-17H2,1H3,(H,27,32). The summed E-state index contributed by atoms with van der Waals surface area (Å²) in [4.78, 5) is 25.9. The first-order chi connectivity index (χ1) is 16.7. The minimum absolute atomic E-state index is 0.0987. The number of aryl methyl sites for hydroxylation is 1. The average Bonchev–Trinajstić information content (AvgIpc) is 3.31. The van der Waals surface area contributed by atoms with Crippen LogP contribution < -0.4 is 10.9 Å². The quantitative estimate of drug-likeness (QED) is 0.364. The van der Waals surface area contributed by atoms with Gasteiger partial charge in [0.2, 0.25) is 11.7 Å². The van der Waals surface area contributed by atoms with E-state index in [-0.39, 0.29) is 17.2 Å². The van der Waals surface area contributed by atoms with Gasteiger partial charge in [-0.1, -0.05) is 73.3 Å². The normalized spacial score (nSPS) is 11.2. The van der Waals surface area contributed by atoms with Gasteiger partial charge in [-0.2, -0.15) is 0 Å². The van der Waals surface area contributed by atoms with Crippen molar-refractivity contribution in [3.63, 3.8) is 0 Å². The van der Waals surface area contributed by atoms with Crippen molar-refractivity contribution >= 4 is 34.3 Å². The Morgan fingerprint density at radius 3 is 2.41 bits per heavy atom. The first kappa shape index (κ1) is 21.9. The highest BCUT2D eigenvalue weighted by molar-refractivity contribution is 7.99. The number of aromatic nitrogens is 4. The van der Waals surface area contributed by atoms with Gasteiger partial charge in [0, 0.05) is 6.54 Å². The van der Waals surface area contributed by atoms with Crippen molar-refractivity contribution < 1.29 is 4.79 Å². The lowest BCUT2D eigenvalue weighted by atomic mass is 10.1. The Bertz CT molecular complexity index is 1520. The molecule has 0 radical (unpaired) electrons. The minimum Gasteiger partial charge on any atom is -0.351 e. The number of nitrogens with zero attached hydrogens (tertiary/aromatic N) is 4. The molecule has 2 heterocycles. The van der Waals surface area contributed by atoms with Gasteiger partial charge in [0.15, 0.2) is 5.16 Å². The summed E-state index contributed by atoms with van der Waals surface area (Å²) in [5.74, 6) is 0.505. The van der Waals surface area contributed by atoms with E-state index in [0.717, 1.165) is 17.7 Å². The average molecular weight is 470 g/mol. The van der Waals surface area contributed by atoms with Crippen LogP contribution in [0.15, 0.2) is 88.8 Å². The van der Waals surface area contributed by atoms with Gasteiger partial charge < -0.3 is 5.32 Å². The minimum atomic E-state index is -0.156. The first-order valence-electron chi connectivity index (χ1n) is 11.1. The largest absolute Gasteiger partial charge is 0.351 e. The summed E-state index contributed by atoms with van der Waals surface area (Å²) in [6, 6.07) is 25.0. The van der Waals surface area contributed by atoms with Crippen molar-refractivity contribution in [2.75, 3.05) is 5.75 Å². The van der Waals surface area contributed by atoms with Crippen LogP contribution in [0.25, 0.3) is 22.4 Å². The van der Waals surface area contributed by atoms with Gasteiger partial charge in [-0.05, 0) is 41.8 Å². The molecule has 0 saturated heterocycles. The molecule has 7 nitrogen and oxygen atoms in total. The number of carbonyl (C=O) groups is 1. The van der Waals surface area contributed by atoms with E-state index in [4.69, 9.17) is 0 Å². The number of nitrogens with one attached hydrogen (secondary N) is 1. The van der Waals surface area contributed by atoms with Crippen LogP contribution in [0.4, 0.5) is 0 Å². The van der Waals surface area contributed by atoms with Crippen LogP contribution in [0.1, 0.15) is 18.1 Å². The zero-order chi connectivity index (χ0) is 23.5. The predicted octanol–water partition coefficient (Wildman–Crippen LogP) is 4.00. The lowest BCUT2D eigenvalue weighted by Crippen LogP contribution is -2.24. The van der Waals surface area contributed by atoms with Crippen molar-refractivity contribution in [1.82, 2.24) is 24.5 Å². The Morgan fingerprint density at radius 2 is 1.65 bits per heavy atom. The fourth-order valence-corrected chi connectivity index (χ4v) is 4.63. The van der Waals surface area contributed by atoms with Gasteiger partial charge in [0.1, 0.15) is 0 Å². The van der Waals surface area contributed by atoms with Crippen LogP contribution in [0.3, 0.4) is 0 Å². The number of benzene rings is 3. The van der Waals surface area contributed by atoms with E-state index in [1.807, 2.05) is 77.2 Å². The van der Waals surface area contributed by atoms with Crippen LogP contribution in [0.2, 0.25) is 0 Å². The second-order valence-corrected chi connectivity index (χ2v) is 8.79. The molecule has 0 aliphatic carbocycles. The van der Waals surface area contributed by atoms with Gasteiger partial charge in [-0.25, -0.2) is 4.57 Å². The number of fused-ring (bicyclic) bond motifs is 3. The number of hydrogen-bond acceptors (Lipinski definition) is 5. The summed E-state index contributed by atoms with van der Waals surface area (Å²) >= 11 is 1.29. The first-order valence-corrected chi connectivity index (χ1v) is 12.1. The molecule has 0 bridgehead atoms. The summed E-state index contributed by atoms with van der Waals surface area (Å²) in [6.07, 6.45) is 0.917. The maximum absolute atomic E-state index is 13.4. The third-order valence-electron chi connectivity index (χ3n) is 5.66. The molecule has 8 heteroatoms. The van der Waals surface area contributed by atoms with Crippen LogP contribution in [-0.4, -0.2) is 30.8 Å². The molecule has 3 aromatic carbocycles. The Hall–Kier alpha value is -3.91. The fourth-order valence-electron chi connectivity index (χ4n) is 3.86. The fraction of sp³-hybridized carbons (Fsp3) is 0.154. The second-order valence-electron chi connectivity index (χ2n) is 7.85. The summed E-state index contributed by atoms with van der Waals surface area (Å²) in [7, 11) is 0. The van der Waals surface area contributed by atoms with E-state index in [9.17, 15) is 9.59 Å². The highest BCUT2D eigenvalue weighted by Crippen LogP contribution is 2.23. The van der Waals surface area contributed by atoms with E-state index < -0.39 is 0 Å². The Morgan fingerprint density at radius 1 is 0.912 bits per heavy atom. The van der Waals surface area contributed by atoms with Crippen LogP contribution >= 0.6 is 11.8 Å². The zero-order valence-electron chi connectivity index (χ0n) is 18.6. The number of carbonyl (C=O) groups excluding carboxylic acids is 1. The maximum atomic E-state index is 13.4. The smallest absolute Gasteiger partial charge is 0.267 e. The van der Waals surface area contributed by atoms with Crippen molar-refractivity contribution in [1.29, 1.82) is 0 Å². The molecule has 0 aliphatic heterocycles. The third kappa shape index (κ3) is 4.20.